The Hall–Kier alpha value is -2.43. The van der Waals surface area contributed by atoms with Gasteiger partial charge in [-0.2, -0.15) is 5.10 Å². The molecule has 1 aromatic carbocycles. The molecule has 7 nitrogen and oxygen atoms in total. The molecule has 2 aromatic heterocycles. The van der Waals surface area contributed by atoms with Crippen LogP contribution in [-0.4, -0.2) is 41.3 Å². The van der Waals surface area contributed by atoms with Crippen molar-refractivity contribution in [2.75, 3.05) is 20.1 Å². The second-order valence-corrected chi connectivity index (χ2v) is 5.64. The number of aromatic nitrogens is 3. The maximum atomic E-state index is 13.2. The van der Waals surface area contributed by atoms with Gasteiger partial charge >= 0.3 is 0 Å². The summed E-state index contributed by atoms with van der Waals surface area (Å²) < 4.78 is 18.4. The summed E-state index contributed by atoms with van der Waals surface area (Å²) in [4.78, 5) is 8.56. The summed E-state index contributed by atoms with van der Waals surface area (Å²) in [5, 5.41) is 13.5. The molecule has 0 aliphatic heterocycles. The van der Waals surface area contributed by atoms with E-state index in [4.69, 9.17) is 4.42 Å². The molecule has 0 atom stereocenters. The molecule has 0 aliphatic carbocycles. The van der Waals surface area contributed by atoms with E-state index < -0.39 is 0 Å². The summed E-state index contributed by atoms with van der Waals surface area (Å²) in [7, 11) is 1.71. The molecule has 0 unspecified atom stereocenters. The Morgan fingerprint density at radius 2 is 2.00 bits per heavy atom. The number of furan rings is 1. The molecule has 0 radical (unpaired) electrons. The first-order chi connectivity index (χ1) is 12.7. The first-order valence-corrected chi connectivity index (χ1v) is 8.38. The van der Waals surface area contributed by atoms with E-state index in [2.05, 4.69) is 30.8 Å². The molecule has 0 bridgehead atoms. The van der Waals surface area contributed by atoms with E-state index in [9.17, 15) is 4.39 Å². The van der Waals surface area contributed by atoms with Crippen molar-refractivity contribution in [1.82, 2.24) is 25.8 Å². The van der Waals surface area contributed by atoms with Gasteiger partial charge in [-0.05, 0) is 36.2 Å². The highest BCUT2D eigenvalue weighted by atomic mass is 127. The summed E-state index contributed by atoms with van der Waals surface area (Å²) in [5.41, 5.74) is 0.945. The van der Waals surface area contributed by atoms with Crippen molar-refractivity contribution in [2.45, 2.75) is 12.8 Å². The Morgan fingerprint density at radius 1 is 1.19 bits per heavy atom. The average Bonchev–Trinajstić information content (AvgIpc) is 3.32. The van der Waals surface area contributed by atoms with E-state index in [1.165, 1.54) is 6.07 Å². The van der Waals surface area contributed by atoms with Gasteiger partial charge in [0.15, 0.2) is 11.7 Å². The lowest BCUT2D eigenvalue weighted by atomic mass is 10.1. The fraction of sp³-hybridized carbons (Fsp3) is 0.278. The highest BCUT2D eigenvalue weighted by molar-refractivity contribution is 14.0. The Labute approximate surface area is 173 Å². The number of nitrogens with zero attached hydrogens (tertiary/aromatic N) is 3. The van der Waals surface area contributed by atoms with E-state index in [-0.39, 0.29) is 29.8 Å². The predicted molar refractivity (Wildman–Crippen MR) is 113 cm³/mol. The molecule has 0 saturated heterocycles. The van der Waals surface area contributed by atoms with Crippen LogP contribution >= 0.6 is 24.0 Å². The standard InChI is InChI=1S/C18H21FN6O.HI/c1-20-18(21-9-7-13-4-2-5-14(19)12-13)22-10-8-16-23-17(25-24-16)15-6-3-11-26-15;/h2-6,11-12H,7-10H2,1H3,(H2,20,21,22)(H,23,24,25);1H. The van der Waals surface area contributed by atoms with Gasteiger partial charge in [0.2, 0.25) is 5.82 Å². The van der Waals surface area contributed by atoms with E-state index in [0.717, 1.165) is 11.4 Å². The number of hydrogen-bond donors (Lipinski definition) is 3. The number of guanidine groups is 1. The van der Waals surface area contributed by atoms with Crippen LogP contribution in [0.2, 0.25) is 0 Å². The molecule has 144 valence electrons. The predicted octanol–water partition coefficient (Wildman–Crippen LogP) is 2.77. The molecule has 3 aromatic rings. The first kappa shape index (κ1) is 20.9. The number of H-pyrrole nitrogens is 1. The molecule has 0 amide bonds. The number of hydrogen-bond acceptors (Lipinski definition) is 4. The lowest BCUT2D eigenvalue weighted by Crippen LogP contribution is -2.39. The second-order valence-electron chi connectivity index (χ2n) is 5.64. The third kappa shape index (κ3) is 6.35. The Kier molecular flexibility index (Phi) is 8.24. The summed E-state index contributed by atoms with van der Waals surface area (Å²) in [6, 6.07) is 10.2. The van der Waals surface area contributed by atoms with Crippen molar-refractivity contribution in [3.8, 4) is 11.6 Å². The van der Waals surface area contributed by atoms with Crippen molar-refractivity contribution in [3.05, 3.63) is 59.9 Å². The Balaban J connectivity index is 0.00000261. The molecule has 0 aliphatic rings. The lowest BCUT2D eigenvalue weighted by Gasteiger charge is -2.11. The average molecular weight is 484 g/mol. The van der Waals surface area contributed by atoms with E-state index >= 15 is 0 Å². The normalized spacial score (nSPS) is 11.1. The number of aliphatic imine (C=N–C) groups is 1. The van der Waals surface area contributed by atoms with Crippen molar-refractivity contribution in [3.63, 3.8) is 0 Å². The van der Waals surface area contributed by atoms with Gasteiger partial charge in [0, 0.05) is 26.6 Å². The molecule has 3 rings (SSSR count). The van der Waals surface area contributed by atoms with Gasteiger partial charge < -0.3 is 15.1 Å². The Morgan fingerprint density at radius 3 is 2.70 bits per heavy atom. The van der Waals surface area contributed by atoms with Gasteiger partial charge in [0.1, 0.15) is 11.6 Å². The van der Waals surface area contributed by atoms with Crippen LogP contribution in [0, 0.1) is 5.82 Å². The van der Waals surface area contributed by atoms with Crippen LogP contribution in [0.15, 0.2) is 52.1 Å². The minimum absolute atomic E-state index is 0. The van der Waals surface area contributed by atoms with Crippen LogP contribution in [-0.2, 0) is 12.8 Å². The van der Waals surface area contributed by atoms with Gasteiger partial charge in [-0.15, -0.1) is 24.0 Å². The molecule has 0 fully saturated rings. The smallest absolute Gasteiger partial charge is 0.216 e. The highest BCUT2D eigenvalue weighted by Crippen LogP contribution is 2.14. The number of aromatic amines is 1. The SMILES string of the molecule is CN=C(NCCc1cccc(F)c1)NCCc1nc(-c2ccco2)n[nH]1.I. The zero-order valence-corrected chi connectivity index (χ0v) is 17.2. The lowest BCUT2D eigenvalue weighted by molar-refractivity contribution is 0.577. The highest BCUT2D eigenvalue weighted by Gasteiger charge is 2.08. The topological polar surface area (TPSA) is 91.1 Å². The zero-order valence-electron chi connectivity index (χ0n) is 14.9. The maximum absolute atomic E-state index is 13.2. The van der Waals surface area contributed by atoms with Crippen molar-refractivity contribution in [1.29, 1.82) is 0 Å². The molecule has 27 heavy (non-hydrogen) atoms. The van der Waals surface area contributed by atoms with Gasteiger partial charge in [-0.1, -0.05) is 12.1 Å². The monoisotopic (exact) mass is 484 g/mol. The fourth-order valence-electron chi connectivity index (χ4n) is 2.46. The summed E-state index contributed by atoms with van der Waals surface area (Å²) in [6.07, 6.45) is 2.97. The molecular weight excluding hydrogens is 462 g/mol. The quantitative estimate of drug-likeness (QED) is 0.273. The van der Waals surface area contributed by atoms with Crippen LogP contribution in [0.1, 0.15) is 11.4 Å². The zero-order chi connectivity index (χ0) is 18.2. The largest absolute Gasteiger partial charge is 0.461 e. The molecule has 0 saturated carbocycles. The number of rotatable bonds is 7. The van der Waals surface area contributed by atoms with Gasteiger partial charge in [0.05, 0.1) is 6.26 Å². The summed E-state index contributed by atoms with van der Waals surface area (Å²) in [5.74, 6) is 2.41. The number of halogens is 2. The molecule has 9 heteroatoms. The van der Waals surface area contributed by atoms with Gasteiger partial charge in [-0.25, -0.2) is 9.37 Å². The van der Waals surface area contributed by atoms with Crippen LogP contribution in [0.5, 0.6) is 0 Å². The van der Waals surface area contributed by atoms with Crippen molar-refractivity contribution in [2.24, 2.45) is 4.99 Å². The van der Waals surface area contributed by atoms with Crippen molar-refractivity contribution < 1.29 is 8.81 Å². The molecule has 3 N–H and O–H groups in total. The van der Waals surface area contributed by atoms with E-state index in [1.807, 2.05) is 12.1 Å². The number of benzene rings is 1. The molecule has 2 heterocycles. The van der Waals surface area contributed by atoms with Gasteiger partial charge in [-0.3, -0.25) is 10.1 Å². The fourth-order valence-corrected chi connectivity index (χ4v) is 2.46. The van der Waals surface area contributed by atoms with Crippen LogP contribution < -0.4 is 10.6 Å². The third-order valence-electron chi connectivity index (χ3n) is 3.75. The minimum Gasteiger partial charge on any atom is -0.461 e. The molecular formula is C18H22FIN6O. The number of nitrogens with one attached hydrogen (secondary N) is 3. The molecule has 0 spiro atoms. The summed E-state index contributed by atoms with van der Waals surface area (Å²) in [6.45, 7) is 1.31. The maximum Gasteiger partial charge on any atom is 0.216 e. The van der Waals surface area contributed by atoms with Gasteiger partial charge in [0.25, 0.3) is 0 Å². The minimum atomic E-state index is -0.217. The Bertz CT molecular complexity index is 849. The van der Waals surface area contributed by atoms with Crippen molar-refractivity contribution >= 4 is 29.9 Å². The van der Waals surface area contributed by atoms with Crippen LogP contribution in [0.25, 0.3) is 11.6 Å². The first-order valence-electron chi connectivity index (χ1n) is 8.38. The summed E-state index contributed by atoms with van der Waals surface area (Å²) >= 11 is 0. The van der Waals surface area contributed by atoms with Crippen LogP contribution in [0.3, 0.4) is 0 Å². The second kappa shape index (κ2) is 10.7. The van der Waals surface area contributed by atoms with E-state index in [0.29, 0.717) is 43.5 Å². The van der Waals surface area contributed by atoms with E-state index in [1.54, 1.807) is 31.5 Å². The van der Waals surface area contributed by atoms with Crippen LogP contribution in [0.4, 0.5) is 4.39 Å². The third-order valence-corrected chi connectivity index (χ3v) is 3.75.